The number of carbonyl (C=O) groups is 1. The molecule has 14 heavy (non-hydrogen) atoms. The average Bonchev–Trinajstić information content (AvgIpc) is 2.25. The minimum atomic E-state index is 0.0302. The van der Waals surface area contributed by atoms with Gasteiger partial charge in [-0.2, -0.15) is 0 Å². The van der Waals surface area contributed by atoms with Crippen LogP contribution in [0.2, 0.25) is 0 Å². The summed E-state index contributed by atoms with van der Waals surface area (Å²) >= 11 is 0. The summed E-state index contributed by atoms with van der Waals surface area (Å²) in [6.45, 7) is 0. The summed E-state index contributed by atoms with van der Waals surface area (Å²) in [6.07, 6.45) is 9.92. The first kappa shape index (κ1) is 10.3. The van der Waals surface area contributed by atoms with E-state index < -0.39 is 0 Å². The van der Waals surface area contributed by atoms with Crippen molar-refractivity contribution in [1.82, 2.24) is 0 Å². The van der Waals surface area contributed by atoms with Crippen molar-refractivity contribution in [3.05, 3.63) is 48.0 Å². The SMILES string of the molecule is C#CCCC=CC(=O)c1ccccc1. The Balaban J connectivity index is 2.52. The Morgan fingerprint density at radius 2 is 2.07 bits per heavy atom. The molecule has 0 radical (unpaired) electrons. The number of benzene rings is 1. The summed E-state index contributed by atoms with van der Waals surface area (Å²) in [5.74, 6) is 2.55. The molecule has 1 nitrogen and oxygen atoms in total. The Hall–Kier alpha value is -1.81. The molecule has 0 fully saturated rings. The molecule has 70 valence electrons. The third-order valence-corrected chi connectivity index (χ3v) is 1.78. The van der Waals surface area contributed by atoms with E-state index in [1.807, 2.05) is 24.3 Å². The highest BCUT2D eigenvalue weighted by Gasteiger charge is 1.97. The lowest BCUT2D eigenvalue weighted by Crippen LogP contribution is -1.92. The Bertz CT molecular complexity index is 355. The Morgan fingerprint density at radius 3 is 2.71 bits per heavy atom. The van der Waals surface area contributed by atoms with Gasteiger partial charge in [0.05, 0.1) is 0 Å². The smallest absolute Gasteiger partial charge is 0.185 e. The maximum atomic E-state index is 11.5. The first-order valence-electron chi connectivity index (χ1n) is 4.54. The van der Waals surface area contributed by atoms with Crippen LogP contribution in [0.5, 0.6) is 0 Å². The predicted molar refractivity (Wildman–Crippen MR) is 58.0 cm³/mol. The van der Waals surface area contributed by atoms with Crippen molar-refractivity contribution in [3.63, 3.8) is 0 Å². The fourth-order valence-electron chi connectivity index (χ4n) is 1.06. The molecule has 1 heteroatoms. The molecule has 0 aliphatic heterocycles. The summed E-state index contributed by atoms with van der Waals surface area (Å²) < 4.78 is 0. The van der Waals surface area contributed by atoms with E-state index in [2.05, 4.69) is 5.92 Å². The lowest BCUT2D eigenvalue weighted by molar-refractivity contribution is 0.104. The number of hydrogen-bond acceptors (Lipinski definition) is 1. The lowest BCUT2D eigenvalue weighted by Gasteiger charge is -1.92. The highest BCUT2D eigenvalue weighted by Crippen LogP contribution is 2.01. The van der Waals surface area contributed by atoms with Gasteiger partial charge in [0.1, 0.15) is 0 Å². The minimum absolute atomic E-state index is 0.0302. The molecule has 0 bridgehead atoms. The average molecular weight is 184 g/mol. The summed E-state index contributed by atoms with van der Waals surface area (Å²) in [7, 11) is 0. The van der Waals surface area contributed by atoms with Crippen LogP contribution in [0, 0.1) is 12.3 Å². The molecule has 0 aliphatic carbocycles. The second-order valence-electron chi connectivity index (χ2n) is 2.88. The van der Waals surface area contributed by atoms with Crippen LogP contribution in [-0.4, -0.2) is 5.78 Å². The molecule has 0 aromatic heterocycles. The van der Waals surface area contributed by atoms with Crippen molar-refractivity contribution < 1.29 is 4.79 Å². The maximum Gasteiger partial charge on any atom is 0.185 e. The van der Waals surface area contributed by atoms with Gasteiger partial charge in [-0.25, -0.2) is 0 Å². The van der Waals surface area contributed by atoms with Gasteiger partial charge in [0, 0.05) is 12.0 Å². The maximum absolute atomic E-state index is 11.5. The van der Waals surface area contributed by atoms with Crippen molar-refractivity contribution in [3.8, 4) is 12.3 Å². The van der Waals surface area contributed by atoms with Crippen LogP contribution in [0.25, 0.3) is 0 Å². The highest BCUT2D eigenvalue weighted by atomic mass is 16.1. The van der Waals surface area contributed by atoms with Gasteiger partial charge in [-0.3, -0.25) is 4.79 Å². The molecule has 0 aliphatic rings. The van der Waals surface area contributed by atoms with Crippen molar-refractivity contribution in [2.75, 3.05) is 0 Å². The van der Waals surface area contributed by atoms with Gasteiger partial charge in [-0.05, 0) is 12.5 Å². The molecule has 0 N–H and O–H groups in total. The molecule has 0 unspecified atom stereocenters. The number of unbranched alkanes of at least 4 members (excludes halogenated alkanes) is 1. The van der Waals surface area contributed by atoms with E-state index in [-0.39, 0.29) is 5.78 Å². The van der Waals surface area contributed by atoms with Gasteiger partial charge in [0.15, 0.2) is 5.78 Å². The molecule has 0 saturated heterocycles. The molecule has 1 aromatic carbocycles. The summed E-state index contributed by atoms with van der Waals surface area (Å²) in [5, 5.41) is 0. The molecule has 1 aromatic rings. The monoisotopic (exact) mass is 184 g/mol. The van der Waals surface area contributed by atoms with Crippen LogP contribution in [0.15, 0.2) is 42.5 Å². The van der Waals surface area contributed by atoms with Crippen LogP contribution >= 0.6 is 0 Å². The van der Waals surface area contributed by atoms with Crippen LogP contribution in [0.1, 0.15) is 23.2 Å². The molecule has 0 saturated carbocycles. The zero-order valence-corrected chi connectivity index (χ0v) is 7.94. The van der Waals surface area contributed by atoms with Gasteiger partial charge in [-0.1, -0.05) is 36.4 Å². The van der Waals surface area contributed by atoms with Gasteiger partial charge in [0.25, 0.3) is 0 Å². The van der Waals surface area contributed by atoms with Gasteiger partial charge < -0.3 is 0 Å². The van der Waals surface area contributed by atoms with E-state index >= 15 is 0 Å². The molecule has 0 spiro atoms. The highest BCUT2D eigenvalue weighted by molar-refractivity contribution is 6.04. The Morgan fingerprint density at radius 1 is 1.36 bits per heavy atom. The topological polar surface area (TPSA) is 17.1 Å². The van der Waals surface area contributed by atoms with Crippen LogP contribution < -0.4 is 0 Å². The van der Waals surface area contributed by atoms with E-state index in [4.69, 9.17) is 6.42 Å². The predicted octanol–water partition coefficient (Wildman–Crippen LogP) is 2.84. The quantitative estimate of drug-likeness (QED) is 0.304. The van der Waals surface area contributed by atoms with Crippen molar-refractivity contribution in [2.24, 2.45) is 0 Å². The first-order valence-corrected chi connectivity index (χ1v) is 4.54. The van der Waals surface area contributed by atoms with Crippen molar-refractivity contribution in [2.45, 2.75) is 12.8 Å². The second kappa shape index (κ2) is 5.77. The number of ketones is 1. The third-order valence-electron chi connectivity index (χ3n) is 1.78. The number of terminal acetylenes is 1. The molecule has 0 heterocycles. The normalized spacial score (nSPS) is 9.93. The van der Waals surface area contributed by atoms with E-state index in [0.717, 1.165) is 6.42 Å². The van der Waals surface area contributed by atoms with E-state index in [9.17, 15) is 4.79 Å². The molecule has 0 atom stereocenters. The largest absolute Gasteiger partial charge is 0.289 e. The van der Waals surface area contributed by atoms with E-state index in [1.165, 1.54) is 0 Å². The molecule has 0 amide bonds. The summed E-state index contributed by atoms with van der Waals surface area (Å²) in [4.78, 5) is 11.5. The van der Waals surface area contributed by atoms with Crippen LogP contribution in [0.4, 0.5) is 0 Å². The number of carbonyl (C=O) groups excluding carboxylic acids is 1. The van der Waals surface area contributed by atoms with E-state index in [1.54, 1.807) is 18.2 Å². The fraction of sp³-hybridized carbons (Fsp3) is 0.154. The van der Waals surface area contributed by atoms with Gasteiger partial charge in [0.2, 0.25) is 0 Å². The Labute approximate surface area is 84.5 Å². The third kappa shape index (κ3) is 3.28. The Kier molecular flexibility index (Phi) is 4.23. The zero-order chi connectivity index (χ0) is 10.2. The van der Waals surface area contributed by atoms with Crippen LogP contribution in [-0.2, 0) is 0 Å². The second-order valence-corrected chi connectivity index (χ2v) is 2.88. The number of hydrogen-bond donors (Lipinski definition) is 0. The van der Waals surface area contributed by atoms with Crippen molar-refractivity contribution >= 4 is 5.78 Å². The number of allylic oxidation sites excluding steroid dienone is 2. The van der Waals surface area contributed by atoms with Crippen molar-refractivity contribution in [1.29, 1.82) is 0 Å². The van der Waals surface area contributed by atoms with Crippen LogP contribution in [0.3, 0.4) is 0 Å². The fourth-order valence-corrected chi connectivity index (χ4v) is 1.06. The minimum Gasteiger partial charge on any atom is -0.289 e. The lowest BCUT2D eigenvalue weighted by atomic mass is 10.1. The summed E-state index contributed by atoms with van der Waals surface area (Å²) in [5.41, 5.74) is 0.712. The number of rotatable bonds is 4. The molecular weight excluding hydrogens is 172 g/mol. The standard InChI is InChI=1S/C13H12O/c1-2-3-4-8-11-13(14)12-9-6-5-7-10-12/h1,5-11H,3-4H2. The molecular formula is C13H12O. The summed E-state index contributed by atoms with van der Waals surface area (Å²) in [6, 6.07) is 9.19. The van der Waals surface area contributed by atoms with Gasteiger partial charge >= 0.3 is 0 Å². The zero-order valence-electron chi connectivity index (χ0n) is 7.94. The van der Waals surface area contributed by atoms with E-state index in [0.29, 0.717) is 12.0 Å². The molecule has 1 rings (SSSR count). The first-order chi connectivity index (χ1) is 6.84. The van der Waals surface area contributed by atoms with Gasteiger partial charge in [-0.15, -0.1) is 12.3 Å².